The molecular formula is C81H126N20O22. The minimum atomic E-state index is -1.67. The lowest BCUT2D eigenvalue weighted by Gasteiger charge is -2.33. The van der Waals surface area contributed by atoms with Crippen molar-refractivity contribution >= 4 is 107 Å². The number of benzene rings is 2. The topological polar surface area (TPSA) is 676 Å². The van der Waals surface area contributed by atoms with Gasteiger partial charge in [0.15, 0.2) is 5.96 Å². The zero-order valence-electron chi connectivity index (χ0n) is 70.8. The summed E-state index contributed by atoms with van der Waals surface area (Å²) in [5, 5.41) is 78.2. The van der Waals surface area contributed by atoms with Crippen molar-refractivity contribution < 1.29 is 107 Å². The van der Waals surface area contributed by atoms with Gasteiger partial charge in [-0.2, -0.15) is 0 Å². The number of hydrogen-bond donors (Lipinski definition) is 21. The van der Waals surface area contributed by atoms with Crippen LogP contribution in [0.5, 0.6) is 5.75 Å². The van der Waals surface area contributed by atoms with Crippen LogP contribution in [0.2, 0.25) is 0 Å². The summed E-state index contributed by atoms with van der Waals surface area (Å²) in [6, 6.07) is -6.23. The average Bonchev–Trinajstić information content (AvgIpc) is 1.73. The molecule has 2 aromatic rings. The second-order valence-corrected chi connectivity index (χ2v) is 32.1. The average molecular weight is 1730 g/mol. The standard InChI is InChI=1S/C81H126N20O22/c1-8-45(6)66(80(122)123)98-71(113)57(42-102)96-74(116)60-24-15-35-99(60)77(119)53(20-12-13-33-82)92-73(115)59-23-17-36-100(59)78(120)55(38-43(2)3)94-68(110)52(30-32-63(107)108)91-72(114)58-22-16-37-101(58)79(121)56(40-48-25-27-49(104)28-26-48)95-76(118)65(44(4)5)97-69(111)50(21-14-34-87-81(85)86)90-70(112)54(39-47-18-10-9-11-19-47)93-67(109)51(29-31-61(83)105)89-62(106)41-88-75(117)64(84)46(7)103/h9-11,18-19,25-28,43-46,50-60,64-66,102-104H,8,12-17,20-24,29-42,82,84H2,1-7H3,(H2,83,105)(H,88,117)(H,89,106)(H,90,112)(H,91,114)(H,92,115)(H,93,109)(H,94,110)(H,95,118)(H,96,116)(H,97,111)(H,98,113)(H,107,108)(H,122,123)(H4,85,86,87). The molecule has 3 aliphatic rings. The summed E-state index contributed by atoms with van der Waals surface area (Å²) in [6.45, 7) is 9.73. The van der Waals surface area contributed by atoms with Gasteiger partial charge in [-0.05, 0) is 144 Å². The van der Waals surface area contributed by atoms with Crippen LogP contribution in [-0.2, 0) is 94.3 Å². The van der Waals surface area contributed by atoms with Crippen LogP contribution < -0.4 is 87.2 Å². The van der Waals surface area contributed by atoms with E-state index in [1.165, 1.54) is 45.9 Å². The SMILES string of the molecule is CCC(C)C(NC(=O)C(CO)NC(=O)C1CCCN1C(=O)C(CCCCN)NC(=O)C1CCCN1C(=O)C(CC(C)C)NC(=O)C(CCC(=O)O)NC(=O)C1CCCN1C(=O)C(Cc1ccc(O)cc1)NC(=O)C(NC(=O)C(CCCN=C(N)N)NC(=O)C(Cc1ccccc1)NC(=O)C(CCC(N)=O)NC(=O)CNC(=O)C(N)C(C)O)C(C)C)C(=O)O. The highest BCUT2D eigenvalue weighted by Gasteiger charge is 2.46. The second-order valence-electron chi connectivity index (χ2n) is 32.1. The molecule has 26 N–H and O–H groups in total. The first-order valence-electron chi connectivity index (χ1n) is 41.8. The number of rotatable bonds is 51. The number of amides is 15. The number of unbranched alkanes of at least 4 members (excludes halogenated alkanes) is 1. The Bertz CT molecular complexity index is 4000. The van der Waals surface area contributed by atoms with Gasteiger partial charge in [0.25, 0.3) is 0 Å². The molecule has 42 heteroatoms. The normalized spacial score (nSPS) is 18.2. The molecule has 0 spiro atoms. The van der Waals surface area contributed by atoms with E-state index in [1.54, 1.807) is 71.9 Å². The first-order valence-corrected chi connectivity index (χ1v) is 41.8. The van der Waals surface area contributed by atoms with E-state index in [2.05, 4.69) is 63.5 Å². The molecule has 16 unspecified atom stereocenters. The molecule has 16 atom stereocenters. The molecule has 42 nitrogen and oxygen atoms in total. The highest BCUT2D eigenvalue weighted by Crippen LogP contribution is 2.26. The number of carboxylic acids is 2. The molecule has 2 aromatic carbocycles. The van der Waals surface area contributed by atoms with Crippen LogP contribution in [0.4, 0.5) is 0 Å². The molecule has 0 radical (unpaired) electrons. The van der Waals surface area contributed by atoms with Crippen molar-refractivity contribution in [1.82, 2.24) is 73.2 Å². The van der Waals surface area contributed by atoms with Gasteiger partial charge < -0.3 is 127 Å². The first kappa shape index (κ1) is 102. The van der Waals surface area contributed by atoms with Gasteiger partial charge in [0.05, 0.1) is 19.3 Å². The number of aliphatic hydroxyl groups is 2. The predicted molar refractivity (Wildman–Crippen MR) is 445 cm³/mol. The number of aliphatic hydroxyl groups excluding tert-OH is 2. The molecule has 3 saturated heterocycles. The Hall–Kier alpha value is -11.7. The molecule has 0 saturated carbocycles. The number of aromatic hydroxyl groups is 1. The number of aliphatic imine (C=N–C) groups is 1. The largest absolute Gasteiger partial charge is 0.508 e. The smallest absolute Gasteiger partial charge is 0.326 e. The van der Waals surface area contributed by atoms with Crippen molar-refractivity contribution in [3.63, 3.8) is 0 Å². The quantitative estimate of drug-likeness (QED) is 0.0167. The number of hydrogen-bond acceptors (Lipinski definition) is 23. The third kappa shape index (κ3) is 32.6. The Morgan fingerprint density at radius 1 is 0.496 bits per heavy atom. The van der Waals surface area contributed by atoms with E-state index in [0.29, 0.717) is 43.2 Å². The van der Waals surface area contributed by atoms with Crippen molar-refractivity contribution in [3.8, 4) is 5.75 Å². The maximum absolute atomic E-state index is 15.3. The Morgan fingerprint density at radius 3 is 1.45 bits per heavy atom. The van der Waals surface area contributed by atoms with Gasteiger partial charge in [-0.3, -0.25) is 81.7 Å². The number of phenols is 1. The molecule has 0 aromatic heterocycles. The number of nitrogens with zero attached hydrogens (tertiary/aromatic N) is 4. The van der Waals surface area contributed by atoms with E-state index in [0.717, 1.165) is 0 Å². The number of likely N-dealkylation sites (tertiary alicyclic amines) is 3. The maximum Gasteiger partial charge on any atom is 0.326 e. The maximum atomic E-state index is 15.3. The van der Waals surface area contributed by atoms with E-state index < -0.39 is 235 Å². The van der Waals surface area contributed by atoms with Gasteiger partial charge in [0.1, 0.15) is 90.3 Å². The molecule has 682 valence electrons. The fourth-order valence-corrected chi connectivity index (χ4v) is 14.5. The van der Waals surface area contributed by atoms with Crippen LogP contribution in [0.3, 0.4) is 0 Å². The van der Waals surface area contributed by atoms with Crippen LogP contribution in [-0.4, -0.2) is 283 Å². The third-order valence-electron chi connectivity index (χ3n) is 21.6. The number of carboxylic acid groups (broad SMARTS) is 2. The lowest BCUT2D eigenvalue weighted by atomic mass is 9.99. The predicted octanol–water partition coefficient (Wildman–Crippen LogP) is -5.04. The fraction of sp³-hybridized carbons (Fsp3) is 0.630. The number of carbonyl (C=O) groups is 17. The number of primary amides is 1. The van der Waals surface area contributed by atoms with E-state index >= 15 is 4.79 Å². The number of nitrogens with one attached hydrogen (secondary N) is 11. The summed E-state index contributed by atoms with van der Waals surface area (Å²) < 4.78 is 0. The van der Waals surface area contributed by atoms with Crippen molar-refractivity contribution in [1.29, 1.82) is 0 Å². The Kier molecular flexibility index (Phi) is 42.0. The van der Waals surface area contributed by atoms with Crippen LogP contribution >= 0.6 is 0 Å². The van der Waals surface area contributed by atoms with Crippen LogP contribution in [0.25, 0.3) is 0 Å². The van der Waals surface area contributed by atoms with Gasteiger partial charge in [-0.1, -0.05) is 90.4 Å². The van der Waals surface area contributed by atoms with Gasteiger partial charge in [0.2, 0.25) is 88.6 Å². The van der Waals surface area contributed by atoms with Gasteiger partial charge >= 0.3 is 11.9 Å². The number of phenolic OH excluding ortho intramolecular Hbond substituents is 1. The summed E-state index contributed by atoms with van der Waals surface area (Å²) in [6.07, 6.45) is -1.82. The summed E-state index contributed by atoms with van der Waals surface area (Å²) in [4.78, 5) is 245. The number of carbonyl (C=O) groups excluding carboxylic acids is 15. The van der Waals surface area contributed by atoms with E-state index in [1.807, 2.05) is 0 Å². The third-order valence-corrected chi connectivity index (χ3v) is 21.6. The van der Waals surface area contributed by atoms with Gasteiger partial charge in [-0.15, -0.1) is 0 Å². The highest BCUT2D eigenvalue weighted by molar-refractivity contribution is 6.01. The number of aliphatic carboxylic acids is 2. The summed E-state index contributed by atoms with van der Waals surface area (Å²) >= 11 is 0. The highest BCUT2D eigenvalue weighted by atomic mass is 16.4. The molecular weight excluding hydrogens is 1610 g/mol. The van der Waals surface area contributed by atoms with Crippen LogP contribution in [0.15, 0.2) is 59.6 Å². The van der Waals surface area contributed by atoms with E-state index in [9.17, 15) is 102 Å². The molecule has 0 aliphatic carbocycles. The van der Waals surface area contributed by atoms with E-state index in [4.69, 9.17) is 28.7 Å². The van der Waals surface area contributed by atoms with Crippen LogP contribution in [0.1, 0.15) is 169 Å². The monoisotopic (exact) mass is 1730 g/mol. The minimum Gasteiger partial charge on any atom is -0.508 e. The molecule has 3 fully saturated rings. The van der Waals surface area contributed by atoms with E-state index in [-0.39, 0.29) is 121 Å². The lowest BCUT2D eigenvalue weighted by molar-refractivity contribution is -0.145. The second kappa shape index (κ2) is 50.7. The molecule has 0 bridgehead atoms. The van der Waals surface area contributed by atoms with Gasteiger partial charge in [0, 0.05) is 51.9 Å². The van der Waals surface area contributed by atoms with Crippen molar-refractivity contribution in [2.24, 2.45) is 51.4 Å². The lowest BCUT2D eigenvalue weighted by Crippen LogP contribution is -2.61. The zero-order chi connectivity index (χ0) is 91.5. The van der Waals surface area contributed by atoms with Crippen LogP contribution in [0, 0.1) is 17.8 Å². The number of nitrogens with two attached hydrogens (primary N) is 5. The van der Waals surface area contributed by atoms with Crippen molar-refractivity contribution in [2.45, 2.75) is 261 Å². The summed E-state index contributed by atoms with van der Waals surface area (Å²) in [7, 11) is 0. The molecule has 3 aliphatic heterocycles. The van der Waals surface area contributed by atoms with Gasteiger partial charge in [-0.25, -0.2) is 4.79 Å². The first-order chi connectivity index (χ1) is 58.2. The Balaban J connectivity index is 1.38. The number of guanidine groups is 1. The molecule has 5 rings (SSSR count). The fourth-order valence-electron chi connectivity index (χ4n) is 14.5. The molecule has 3 heterocycles. The Labute approximate surface area is 713 Å². The molecule has 123 heavy (non-hydrogen) atoms. The Morgan fingerprint density at radius 2 is 0.943 bits per heavy atom. The summed E-state index contributed by atoms with van der Waals surface area (Å²) in [5.74, 6) is -18.0. The summed E-state index contributed by atoms with van der Waals surface area (Å²) in [5.41, 5.74) is 29.1. The minimum absolute atomic E-state index is 0.00917. The zero-order valence-corrected chi connectivity index (χ0v) is 70.8. The van der Waals surface area contributed by atoms with Crippen molar-refractivity contribution in [3.05, 3.63) is 65.7 Å². The molecule has 15 amide bonds. The van der Waals surface area contributed by atoms with Crippen molar-refractivity contribution in [2.75, 3.05) is 45.9 Å².